The highest BCUT2D eigenvalue weighted by Gasteiger charge is 2.21. The number of fused-ring (bicyclic) bond motifs is 1. The van der Waals surface area contributed by atoms with Crippen LogP contribution in [0.1, 0.15) is 11.3 Å². The van der Waals surface area contributed by atoms with E-state index in [9.17, 15) is 0 Å². The molecule has 3 aromatic rings. The number of pyridine rings is 2. The Morgan fingerprint density at radius 1 is 1.12 bits per heavy atom. The highest BCUT2D eigenvalue weighted by atomic mass is 32.1. The molecule has 134 valence electrons. The molecule has 4 rings (SSSR count). The summed E-state index contributed by atoms with van der Waals surface area (Å²) in [4.78, 5) is 13.5. The Morgan fingerprint density at radius 2 is 1.92 bits per heavy atom. The molecule has 0 aromatic carbocycles. The second-order valence-electron chi connectivity index (χ2n) is 6.61. The summed E-state index contributed by atoms with van der Waals surface area (Å²) in [7, 11) is 0. The molecule has 0 amide bonds. The summed E-state index contributed by atoms with van der Waals surface area (Å²) in [6, 6.07) is 10.3. The molecule has 0 saturated carbocycles. The van der Waals surface area contributed by atoms with Gasteiger partial charge in [-0.2, -0.15) is 0 Å². The van der Waals surface area contributed by atoms with Gasteiger partial charge in [-0.3, -0.25) is 4.40 Å². The van der Waals surface area contributed by atoms with Crippen LogP contribution in [-0.4, -0.2) is 50.6 Å². The Bertz CT molecular complexity index is 922. The van der Waals surface area contributed by atoms with Crippen LogP contribution in [0, 0.1) is 13.8 Å². The van der Waals surface area contributed by atoms with Gasteiger partial charge in [-0.1, -0.05) is 6.07 Å². The highest BCUT2D eigenvalue weighted by molar-refractivity contribution is 7.80. The smallest absolute Gasteiger partial charge is 0.174 e. The molecule has 1 N–H and O–H groups in total. The molecule has 1 aliphatic rings. The van der Waals surface area contributed by atoms with Crippen molar-refractivity contribution >= 4 is 34.6 Å². The van der Waals surface area contributed by atoms with E-state index in [1.807, 2.05) is 31.5 Å². The minimum Gasteiger partial charge on any atom is -0.354 e. The zero-order chi connectivity index (χ0) is 18.1. The third-order valence-corrected chi connectivity index (χ3v) is 4.99. The van der Waals surface area contributed by atoms with Crippen molar-refractivity contribution in [1.29, 1.82) is 0 Å². The molecular weight excluding hydrogens is 344 g/mol. The van der Waals surface area contributed by atoms with Crippen LogP contribution in [0.15, 0.2) is 42.7 Å². The fourth-order valence-electron chi connectivity index (χ4n) is 3.42. The number of nitrogens with one attached hydrogen (secondary N) is 1. The summed E-state index contributed by atoms with van der Waals surface area (Å²) in [6.07, 6.45) is 3.85. The van der Waals surface area contributed by atoms with Gasteiger partial charge in [0.15, 0.2) is 5.11 Å². The van der Waals surface area contributed by atoms with Crippen LogP contribution >= 0.6 is 12.2 Å². The Labute approximate surface area is 158 Å². The van der Waals surface area contributed by atoms with E-state index in [4.69, 9.17) is 12.2 Å². The van der Waals surface area contributed by atoms with Gasteiger partial charge in [-0.05, 0) is 55.9 Å². The Balaban J connectivity index is 1.41. The Hall–Kier alpha value is -2.67. The SMILES string of the molecule is Cc1cc(C)nc(NC(=S)N2CCN(c3cccc4nccn34)CC2)c1. The molecule has 1 saturated heterocycles. The monoisotopic (exact) mass is 366 g/mol. The lowest BCUT2D eigenvalue weighted by atomic mass is 10.2. The standard InChI is InChI=1S/C19H22N6S/c1-14-12-15(2)21-16(13-14)22-19(26)24-10-8-23(9-11-24)18-5-3-4-17-20-6-7-25(17)18/h3-7,12-13H,8-11H2,1-2H3,(H,21,22,26). The molecule has 0 atom stereocenters. The lowest BCUT2D eigenvalue weighted by Gasteiger charge is -2.37. The minimum atomic E-state index is 0.739. The number of imidazole rings is 1. The number of nitrogens with zero attached hydrogens (tertiary/aromatic N) is 5. The third-order valence-electron chi connectivity index (χ3n) is 4.63. The van der Waals surface area contributed by atoms with Crippen molar-refractivity contribution < 1.29 is 0 Å². The first-order valence-corrected chi connectivity index (χ1v) is 9.19. The van der Waals surface area contributed by atoms with Crippen LogP contribution in [0.3, 0.4) is 0 Å². The normalized spacial score (nSPS) is 14.7. The molecule has 3 aromatic heterocycles. The summed E-state index contributed by atoms with van der Waals surface area (Å²) in [5, 5.41) is 4.02. The number of hydrogen-bond acceptors (Lipinski definition) is 4. The van der Waals surface area contributed by atoms with Gasteiger partial charge in [0.25, 0.3) is 0 Å². The Kier molecular flexibility index (Phi) is 4.46. The molecule has 0 bridgehead atoms. The maximum absolute atomic E-state index is 5.60. The summed E-state index contributed by atoms with van der Waals surface area (Å²) in [5.41, 5.74) is 3.15. The number of anilines is 2. The van der Waals surface area contributed by atoms with Gasteiger partial charge in [-0.25, -0.2) is 9.97 Å². The van der Waals surface area contributed by atoms with E-state index in [0.717, 1.165) is 48.5 Å². The van der Waals surface area contributed by atoms with E-state index < -0.39 is 0 Å². The molecule has 0 aliphatic carbocycles. The number of aryl methyl sites for hydroxylation is 2. The number of hydrogen-bond donors (Lipinski definition) is 1. The summed E-state index contributed by atoms with van der Waals surface area (Å²) in [5.74, 6) is 1.99. The van der Waals surface area contributed by atoms with Crippen molar-refractivity contribution in [3.8, 4) is 0 Å². The van der Waals surface area contributed by atoms with E-state index in [0.29, 0.717) is 0 Å². The molecule has 1 fully saturated rings. The molecule has 1 aliphatic heterocycles. The van der Waals surface area contributed by atoms with E-state index in [1.165, 1.54) is 11.4 Å². The van der Waals surface area contributed by atoms with E-state index in [-0.39, 0.29) is 0 Å². The molecular formula is C19H22N6S. The highest BCUT2D eigenvalue weighted by Crippen LogP contribution is 2.19. The van der Waals surface area contributed by atoms with Crippen molar-refractivity contribution in [1.82, 2.24) is 19.3 Å². The lowest BCUT2D eigenvalue weighted by molar-refractivity contribution is 0.389. The van der Waals surface area contributed by atoms with E-state index in [2.05, 4.69) is 54.6 Å². The van der Waals surface area contributed by atoms with Crippen LogP contribution in [0.25, 0.3) is 5.65 Å². The van der Waals surface area contributed by atoms with Gasteiger partial charge in [-0.15, -0.1) is 0 Å². The zero-order valence-electron chi connectivity index (χ0n) is 15.0. The van der Waals surface area contributed by atoms with Gasteiger partial charge >= 0.3 is 0 Å². The van der Waals surface area contributed by atoms with Crippen LogP contribution in [0.4, 0.5) is 11.6 Å². The van der Waals surface area contributed by atoms with E-state index in [1.54, 1.807) is 0 Å². The molecule has 6 nitrogen and oxygen atoms in total. The van der Waals surface area contributed by atoms with Gasteiger partial charge in [0.2, 0.25) is 0 Å². The lowest BCUT2D eigenvalue weighted by Crippen LogP contribution is -2.50. The second kappa shape index (κ2) is 6.92. The Morgan fingerprint density at radius 3 is 2.69 bits per heavy atom. The second-order valence-corrected chi connectivity index (χ2v) is 7.00. The summed E-state index contributed by atoms with van der Waals surface area (Å²) in [6.45, 7) is 7.65. The fraction of sp³-hybridized carbons (Fsp3) is 0.316. The van der Waals surface area contributed by atoms with E-state index >= 15 is 0 Å². The fourth-order valence-corrected chi connectivity index (χ4v) is 3.71. The molecule has 0 radical (unpaired) electrons. The van der Waals surface area contributed by atoms with Crippen LogP contribution in [-0.2, 0) is 0 Å². The first kappa shape index (κ1) is 16.8. The number of aromatic nitrogens is 3. The van der Waals surface area contributed by atoms with Gasteiger partial charge in [0.1, 0.15) is 17.3 Å². The zero-order valence-corrected chi connectivity index (χ0v) is 15.8. The summed E-state index contributed by atoms with van der Waals surface area (Å²) < 4.78 is 2.13. The quantitative estimate of drug-likeness (QED) is 0.704. The van der Waals surface area contributed by atoms with Crippen molar-refractivity contribution in [2.45, 2.75) is 13.8 Å². The predicted octanol–water partition coefficient (Wildman–Crippen LogP) is 2.87. The largest absolute Gasteiger partial charge is 0.354 e. The van der Waals surface area contributed by atoms with Crippen molar-refractivity contribution in [2.75, 3.05) is 36.4 Å². The van der Waals surface area contributed by atoms with Crippen LogP contribution < -0.4 is 10.2 Å². The summed E-state index contributed by atoms with van der Waals surface area (Å²) >= 11 is 5.60. The van der Waals surface area contributed by atoms with Crippen LogP contribution in [0.5, 0.6) is 0 Å². The first-order valence-electron chi connectivity index (χ1n) is 8.78. The number of rotatable bonds is 2. The third kappa shape index (κ3) is 3.35. The molecule has 0 spiro atoms. The number of thiocarbonyl (C=S) groups is 1. The average Bonchev–Trinajstić information content (AvgIpc) is 3.09. The molecule has 0 unspecified atom stereocenters. The predicted molar refractivity (Wildman–Crippen MR) is 109 cm³/mol. The van der Waals surface area contributed by atoms with Gasteiger partial charge < -0.3 is 15.1 Å². The van der Waals surface area contributed by atoms with Crippen molar-refractivity contribution in [2.24, 2.45) is 0 Å². The van der Waals surface area contributed by atoms with Gasteiger partial charge in [0, 0.05) is 44.3 Å². The van der Waals surface area contributed by atoms with Crippen LogP contribution in [0.2, 0.25) is 0 Å². The first-order chi connectivity index (χ1) is 12.6. The minimum absolute atomic E-state index is 0.739. The maximum atomic E-state index is 5.60. The van der Waals surface area contributed by atoms with Crippen molar-refractivity contribution in [3.63, 3.8) is 0 Å². The topological polar surface area (TPSA) is 48.7 Å². The van der Waals surface area contributed by atoms with Crippen molar-refractivity contribution in [3.05, 3.63) is 54.0 Å². The number of piperazine rings is 1. The molecule has 4 heterocycles. The molecule has 26 heavy (non-hydrogen) atoms. The maximum Gasteiger partial charge on any atom is 0.174 e. The average molecular weight is 366 g/mol. The van der Waals surface area contributed by atoms with Gasteiger partial charge in [0.05, 0.1) is 0 Å². The molecule has 7 heteroatoms.